The van der Waals surface area contributed by atoms with Gasteiger partial charge in [0.25, 0.3) is 0 Å². The highest BCUT2D eigenvalue weighted by molar-refractivity contribution is 9.10. The van der Waals surface area contributed by atoms with Crippen LogP contribution in [0.15, 0.2) is 64.6 Å². The molecule has 2 aromatic carbocycles. The van der Waals surface area contributed by atoms with Crippen molar-refractivity contribution in [2.24, 2.45) is 0 Å². The van der Waals surface area contributed by atoms with E-state index in [0.29, 0.717) is 5.69 Å². The number of ether oxygens (including phenoxy) is 1. The lowest BCUT2D eigenvalue weighted by atomic mass is 10.0. The number of carbonyl (C=O) groups excluding carboxylic acids is 2. The van der Waals surface area contributed by atoms with E-state index in [-0.39, 0.29) is 5.57 Å². The Morgan fingerprint density at radius 1 is 1.08 bits per heavy atom. The summed E-state index contributed by atoms with van der Waals surface area (Å²) < 4.78 is 5.69. The number of fused-ring (bicyclic) bond motifs is 1. The second kappa shape index (κ2) is 6.84. The molecule has 4 nitrogen and oxygen atoms in total. The van der Waals surface area contributed by atoms with Crippen molar-refractivity contribution in [3.8, 4) is 0 Å². The molecule has 0 aliphatic rings. The average molecular weight is 384 g/mol. The number of halogens is 1. The van der Waals surface area contributed by atoms with E-state index in [0.717, 1.165) is 20.9 Å². The second-order valence-corrected chi connectivity index (χ2v) is 6.12. The SMILES string of the molecule is COC(=O)/C(=C\c1ccc(Br)cc1)C(=O)c1cc2ccccc2[nH]1. The molecule has 0 amide bonds. The summed E-state index contributed by atoms with van der Waals surface area (Å²) in [5, 5.41) is 0.911. The summed E-state index contributed by atoms with van der Waals surface area (Å²) in [5.74, 6) is -1.07. The number of carbonyl (C=O) groups is 2. The molecule has 5 heteroatoms. The molecule has 0 saturated carbocycles. The number of H-pyrrole nitrogens is 1. The molecule has 0 radical (unpaired) electrons. The van der Waals surface area contributed by atoms with E-state index in [1.807, 2.05) is 48.5 Å². The van der Waals surface area contributed by atoms with Crippen LogP contribution in [0.3, 0.4) is 0 Å². The number of ketones is 1. The number of aromatic nitrogens is 1. The summed E-state index contributed by atoms with van der Waals surface area (Å²) in [4.78, 5) is 27.9. The molecule has 3 rings (SSSR count). The minimum absolute atomic E-state index is 0.0219. The van der Waals surface area contributed by atoms with Crippen molar-refractivity contribution in [3.05, 3.63) is 75.9 Å². The van der Waals surface area contributed by atoms with Gasteiger partial charge in [-0.25, -0.2) is 4.79 Å². The zero-order valence-electron chi connectivity index (χ0n) is 12.9. The Morgan fingerprint density at radius 2 is 1.79 bits per heavy atom. The highest BCUT2D eigenvalue weighted by atomic mass is 79.9. The lowest BCUT2D eigenvalue weighted by molar-refractivity contribution is -0.135. The monoisotopic (exact) mass is 383 g/mol. The predicted octanol–water partition coefficient (Wildman–Crippen LogP) is 4.37. The molecule has 0 bridgehead atoms. The van der Waals surface area contributed by atoms with Gasteiger partial charge in [0.15, 0.2) is 0 Å². The fourth-order valence-corrected chi connectivity index (χ4v) is 2.66. The molecule has 0 saturated heterocycles. The van der Waals surface area contributed by atoms with Crippen LogP contribution in [-0.4, -0.2) is 23.8 Å². The van der Waals surface area contributed by atoms with Crippen LogP contribution in [0.5, 0.6) is 0 Å². The van der Waals surface area contributed by atoms with Crippen molar-refractivity contribution in [1.82, 2.24) is 4.98 Å². The van der Waals surface area contributed by atoms with Crippen LogP contribution in [0.4, 0.5) is 0 Å². The Hall–Kier alpha value is -2.66. The van der Waals surface area contributed by atoms with Crippen LogP contribution < -0.4 is 0 Å². The lowest BCUT2D eigenvalue weighted by Gasteiger charge is -2.04. The molecule has 3 aromatic rings. The molecule has 1 heterocycles. The third kappa shape index (κ3) is 3.31. The molecule has 1 aromatic heterocycles. The number of Topliss-reactive ketones (excluding diaryl/α,β-unsaturated/α-hetero) is 1. The summed E-state index contributed by atoms with van der Waals surface area (Å²) in [6, 6.07) is 16.6. The fourth-order valence-electron chi connectivity index (χ4n) is 2.39. The number of hydrogen-bond donors (Lipinski definition) is 1. The van der Waals surface area contributed by atoms with Crippen LogP contribution >= 0.6 is 15.9 Å². The molecule has 0 atom stereocenters. The third-order valence-corrected chi connectivity index (χ3v) is 4.13. The third-order valence-electron chi connectivity index (χ3n) is 3.61. The number of hydrogen-bond acceptors (Lipinski definition) is 3. The van der Waals surface area contributed by atoms with Crippen LogP contribution in [0.25, 0.3) is 17.0 Å². The van der Waals surface area contributed by atoms with E-state index >= 15 is 0 Å². The minimum atomic E-state index is -0.665. The van der Waals surface area contributed by atoms with Gasteiger partial charge in [-0.3, -0.25) is 4.79 Å². The zero-order chi connectivity index (χ0) is 17.1. The first-order valence-corrected chi connectivity index (χ1v) is 8.06. The molecule has 120 valence electrons. The van der Waals surface area contributed by atoms with Gasteiger partial charge in [0.2, 0.25) is 5.78 Å². The first-order valence-electron chi connectivity index (χ1n) is 7.26. The molecule has 24 heavy (non-hydrogen) atoms. The largest absolute Gasteiger partial charge is 0.465 e. The first kappa shape index (κ1) is 16.2. The summed E-state index contributed by atoms with van der Waals surface area (Å²) in [6.07, 6.45) is 1.53. The number of methoxy groups -OCH3 is 1. The summed E-state index contributed by atoms with van der Waals surface area (Å²) in [5.41, 5.74) is 1.91. The van der Waals surface area contributed by atoms with Gasteiger partial charge in [0.1, 0.15) is 5.57 Å². The molecular formula is C19H14BrNO3. The van der Waals surface area contributed by atoms with Gasteiger partial charge < -0.3 is 9.72 Å². The van der Waals surface area contributed by atoms with Crippen molar-refractivity contribution in [1.29, 1.82) is 0 Å². The van der Waals surface area contributed by atoms with E-state index in [2.05, 4.69) is 20.9 Å². The van der Waals surface area contributed by atoms with Crippen LogP contribution in [0.2, 0.25) is 0 Å². The maximum absolute atomic E-state index is 12.8. The Labute approximate surface area is 147 Å². The van der Waals surface area contributed by atoms with Gasteiger partial charge in [0, 0.05) is 15.4 Å². The van der Waals surface area contributed by atoms with Crippen LogP contribution in [-0.2, 0) is 9.53 Å². The fraction of sp³-hybridized carbons (Fsp3) is 0.0526. The maximum atomic E-state index is 12.8. The molecule has 0 aliphatic heterocycles. The second-order valence-electron chi connectivity index (χ2n) is 5.20. The number of esters is 1. The van der Waals surface area contributed by atoms with Crippen LogP contribution in [0, 0.1) is 0 Å². The highest BCUT2D eigenvalue weighted by Gasteiger charge is 2.22. The minimum Gasteiger partial charge on any atom is -0.465 e. The molecule has 1 N–H and O–H groups in total. The smallest absolute Gasteiger partial charge is 0.341 e. The van der Waals surface area contributed by atoms with Gasteiger partial charge in [-0.2, -0.15) is 0 Å². The molecule has 0 fully saturated rings. The van der Waals surface area contributed by atoms with Crippen molar-refractivity contribution >= 4 is 44.7 Å². The van der Waals surface area contributed by atoms with Gasteiger partial charge in [0.05, 0.1) is 12.8 Å². The topological polar surface area (TPSA) is 59.2 Å². The van der Waals surface area contributed by atoms with Gasteiger partial charge in [-0.15, -0.1) is 0 Å². The average Bonchev–Trinajstić information content (AvgIpc) is 3.04. The van der Waals surface area contributed by atoms with Crippen molar-refractivity contribution in [2.45, 2.75) is 0 Å². The highest BCUT2D eigenvalue weighted by Crippen LogP contribution is 2.20. The van der Waals surface area contributed by atoms with Gasteiger partial charge in [-0.1, -0.05) is 46.3 Å². The summed E-state index contributed by atoms with van der Waals surface area (Å²) in [7, 11) is 1.26. The van der Waals surface area contributed by atoms with Crippen molar-refractivity contribution in [2.75, 3.05) is 7.11 Å². The molecule has 0 spiro atoms. The molecular weight excluding hydrogens is 370 g/mol. The predicted molar refractivity (Wildman–Crippen MR) is 96.8 cm³/mol. The quantitative estimate of drug-likeness (QED) is 0.239. The number of benzene rings is 2. The Morgan fingerprint density at radius 3 is 2.46 bits per heavy atom. The maximum Gasteiger partial charge on any atom is 0.341 e. The molecule has 0 unspecified atom stereocenters. The van der Waals surface area contributed by atoms with Gasteiger partial charge in [-0.05, 0) is 35.9 Å². The number of aromatic amines is 1. The van der Waals surface area contributed by atoms with E-state index in [9.17, 15) is 9.59 Å². The van der Waals surface area contributed by atoms with E-state index in [1.54, 1.807) is 6.07 Å². The Balaban J connectivity index is 2.03. The van der Waals surface area contributed by atoms with E-state index < -0.39 is 11.8 Å². The zero-order valence-corrected chi connectivity index (χ0v) is 14.5. The lowest BCUT2D eigenvalue weighted by Crippen LogP contribution is -2.15. The normalized spacial score (nSPS) is 11.5. The van der Waals surface area contributed by atoms with Gasteiger partial charge >= 0.3 is 5.97 Å². The Bertz CT molecular complexity index is 906. The molecule has 0 aliphatic carbocycles. The first-order chi connectivity index (χ1) is 11.6. The summed E-state index contributed by atoms with van der Waals surface area (Å²) >= 11 is 3.36. The Kier molecular flexibility index (Phi) is 4.62. The summed E-state index contributed by atoms with van der Waals surface area (Å²) in [6.45, 7) is 0. The number of rotatable bonds is 4. The van der Waals surface area contributed by atoms with Crippen LogP contribution in [0.1, 0.15) is 16.1 Å². The van der Waals surface area contributed by atoms with E-state index in [4.69, 9.17) is 4.74 Å². The standard InChI is InChI=1S/C19H14BrNO3/c1-24-19(23)15(10-12-6-8-14(20)9-7-12)18(22)17-11-13-4-2-3-5-16(13)21-17/h2-11,21H,1H3/b15-10-. The van der Waals surface area contributed by atoms with Crippen molar-refractivity contribution in [3.63, 3.8) is 0 Å². The number of nitrogens with one attached hydrogen (secondary N) is 1. The van der Waals surface area contributed by atoms with E-state index in [1.165, 1.54) is 13.2 Å². The van der Waals surface area contributed by atoms with Crippen molar-refractivity contribution < 1.29 is 14.3 Å². The number of para-hydroxylation sites is 1.